The van der Waals surface area contributed by atoms with Crippen molar-refractivity contribution in [3.05, 3.63) is 48.0 Å². The Morgan fingerprint density at radius 3 is 2.76 bits per heavy atom. The number of para-hydroxylation sites is 1. The predicted molar refractivity (Wildman–Crippen MR) is 101 cm³/mol. The quantitative estimate of drug-likeness (QED) is 0.771. The van der Waals surface area contributed by atoms with Gasteiger partial charge in [-0.2, -0.15) is 0 Å². The Bertz CT molecular complexity index is 925. The van der Waals surface area contributed by atoms with Gasteiger partial charge in [0.15, 0.2) is 5.82 Å². The summed E-state index contributed by atoms with van der Waals surface area (Å²) in [7, 11) is 2.00. The van der Waals surface area contributed by atoms with E-state index in [1.54, 1.807) is 6.07 Å². The molecule has 0 spiro atoms. The van der Waals surface area contributed by atoms with Crippen molar-refractivity contribution in [2.45, 2.75) is 19.4 Å². The Labute approximate surface area is 147 Å². The van der Waals surface area contributed by atoms with Gasteiger partial charge in [-0.1, -0.05) is 18.2 Å². The minimum atomic E-state index is 0.204. The predicted octanol–water partition coefficient (Wildman–Crippen LogP) is 3.11. The number of nitrogens with one attached hydrogen (secondary N) is 1. The fraction of sp³-hybridized carbons (Fsp3) is 0.300. The van der Waals surface area contributed by atoms with Crippen molar-refractivity contribution in [2.24, 2.45) is 0 Å². The maximum atomic E-state index is 10.2. The largest absolute Gasteiger partial charge is 0.507 e. The molecule has 1 fully saturated rings. The molecule has 4 rings (SSSR count). The summed E-state index contributed by atoms with van der Waals surface area (Å²) in [6.07, 6.45) is 1.10. The number of aromatic nitrogens is 2. The minimum absolute atomic E-state index is 0.204. The third kappa shape index (κ3) is 2.91. The van der Waals surface area contributed by atoms with Crippen LogP contribution in [-0.2, 0) is 0 Å². The van der Waals surface area contributed by atoms with Crippen LogP contribution in [0.3, 0.4) is 0 Å². The van der Waals surface area contributed by atoms with Gasteiger partial charge in [-0.15, -0.1) is 0 Å². The van der Waals surface area contributed by atoms with Crippen LogP contribution in [0.4, 0.5) is 5.82 Å². The number of phenolic OH excluding ortho intramolecular Hbond substituents is 1. The number of likely N-dealkylation sites (N-methyl/N-ethyl adjacent to an activating group) is 1. The zero-order chi connectivity index (χ0) is 17.4. The number of hydrogen-bond acceptors (Lipinski definition) is 5. The molecule has 0 radical (unpaired) electrons. The molecule has 3 aromatic rings. The third-order valence-corrected chi connectivity index (χ3v) is 4.87. The van der Waals surface area contributed by atoms with E-state index in [4.69, 9.17) is 9.97 Å². The molecule has 0 amide bonds. The lowest BCUT2D eigenvalue weighted by molar-refractivity contribution is 0.477. The average Bonchev–Trinajstić information content (AvgIpc) is 3.10. The van der Waals surface area contributed by atoms with Crippen molar-refractivity contribution in [1.82, 2.24) is 15.3 Å². The van der Waals surface area contributed by atoms with Crippen molar-refractivity contribution < 1.29 is 5.11 Å². The van der Waals surface area contributed by atoms with Crippen molar-refractivity contribution >= 4 is 16.7 Å². The van der Waals surface area contributed by atoms with E-state index in [1.807, 2.05) is 25.2 Å². The lowest BCUT2D eigenvalue weighted by atomic mass is 10.1. The van der Waals surface area contributed by atoms with Gasteiger partial charge in [0.05, 0.1) is 11.1 Å². The van der Waals surface area contributed by atoms with E-state index in [9.17, 15) is 5.11 Å². The summed E-state index contributed by atoms with van der Waals surface area (Å²) in [6, 6.07) is 14.0. The number of aryl methyl sites for hydroxylation is 1. The van der Waals surface area contributed by atoms with Gasteiger partial charge in [0.1, 0.15) is 11.6 Å². The Morgan fingerprint density at radius 1 is 1.16 bits per heavy atom. The van der Waals surface area contributed by atoms with Crippen molar-refractivity contribution in [3.63, 3.8) is 0 Å². The summed E-state index contributed by atoms with van der Waals surface area (Å²) < 4.78 is 0. The first-order chi connectivity index (χ1) is 12.2. The van der Waals surface area contributed by atoms with Crippen LogP contribution >= 0.6 is 0 Å². The summed E-state index contributed by atoms with van der Waals surface area (Å²) >= 11 is 0. The highest BCUT2D eigenvalue weighted by Gasteiger charge is 2.24. The Balaban J connectivity index is 1.90. The average molecular weight is 334 g/mol. The Morgan fingerprint density at radius 2 is 2.00 bits per heavy atom. The number of rotatable bonds is 3. The van der Waals surface area contributed by atoms with Crippen LogP contribution < -0.4 is 10.2 Å². The number of hydrogen-bond donors (Lipinski definition) is 2. The van der Waals surface area contributed by atoms with Crippen LogP contribution in [0.15, 0.2) is 42.5 Å². The number of nitrogens with zero attached hydrogens (tertiary/aromatic N) is 3. The number of aromatic hydroxyl groups is 1. The lowest BCUT2D eigenvalue weighted by Gasteiger charge is -2.20. The van der Waals surface area contributed by atoms with Gasteiger partial charge in [-0.3, -0.25) is 0 Å². The highest BCUT2D eigenvalue weighted by molar-refractivity contribution is 5.92. The van der Waals surface area contributed by atoms with Crippen LogP contribution in [-0.4, -0.2) is 41.3 Å². The fourth-order valence-electron chi connectivity index (χ4n) is 3.44. The molecule has 1 unspecified atom stereocenters. The van der Waals surface area contributed by atoms with Gasteiger partial charge in [0, 0.05) is 24.5 Å². The van der Waals surface area contributed by atoms with E-state index >= 15 is 0 Å². The second-order valence-corrected chi connectivity index (χ2v) is 6.63. The molecule has 5 heteroatoms. The highest BCUT2D eigenvalue weighted by Crippen LogP contribution is 2.33. The minimum Gasteiger partial charge on any atom is -0.507 e. The fourth-order valence-corrected chi connectivity index (χ4v) is 3.44. The molecule has 0 aliphatic carbocycles. The molecule has 0 bridgehead atoms. The molecule has 2 N–H and O–H groups in total. The van der Waals surface area contributed by atoms with Gasteiger partial charge >= 0.3 is 0 Å². The van der Waals surface area contributed by atoms with Gasteiger partial charge in [-0.05, 0) is 50.2 Å². The monoisotopic (exact) mass is 334 g/mol. The van der Waals surface area contributed by atoms with Crippen molar-refractivity contribution in [2.75, 3.05) is 25.0 Å². The van der Waals surface area contributed by atoms with Crippen LogP contribution in [0.25, 0.3) is 22.3 Å². The van der Waals surface area contributed by atoms with Gasteiger partial charge in [0.2, 0.25) is 0 Å². The standard InChI is InChI=1S/C20H22N4O/c1-13-7-8-15-17(11-13)22-19(16-5-3-4-6-18(16)25)23-20(15)24-10-9-14(12-24)21-2/h3-8,11,14,21,25H,9-10,12H2,1-2H3. The summed E-state index contributed by atoms with van der Waals surface area (Å²) in [5, 5.41) is 14.6. The van der Waals surface area contributed by atoms with Crippen LogP contribution in [0.5, 0.6) is 5.75 Å². The van der Waals surface area contributed by atoms with E-state index in [1.165, 1.54) is 0 Å². The Kier molecular flexibility index (Phi) is 4.01. The van der Waals surface area contributed by atoms with Crippen LogP contribution in [0.2, 0.25) is 0 Å². The summed E-state index contributed by atoms with van der Waals surface area (Å²) in [5.74, 6) is 1.72. The maximum absolute atomic E-state index is 10.2. The zero-order valence-electron chi connectivity index (χ0n) is 14.5. The Hall–Kier alpha value is -2.66. The summed E-state index contributed by atoms with van der Waals surface area (Å²) in [5.41, 5.74) is 2.74. The molecule has 1 aliphatic heterocycles. The van der Waals surface area contributed by atoms with Crippen molar-refractivity contribution in [1.29, 1.82) is 0 Å². The van der Waals surface area contributed by atoms with Crippen LogP contribution in [0.1, 0.15) is 12.0 Å². The lowest BCUT2D eigenvalue weighted by Crippen LogP contribution is -2.30. The molecule has 2 aromatic carbocycles. The smallest absolute Gasteiger partial charge is 0.165 e. The molecule has 1 saturated heterocycles. The second-order valence-electron chi connectivity index (χ2n) is 6.63. The first kappa shape index (κ1) is 15.8. The van der Waals surface area contributed by atoms with E-state index < -0.39 is 0 Å². The zero-order valence-corrected chi connectivity index (χ0v) is 14.5. The van der Waals surface area contributed by atoms with E-state index in [0.29, 0.717) is 17.4 Å². The van der Waals surface area contributed by atoms with Gasteiger partial charge in [0.25, 0.3) is 0 Å². The molecule has 25 heavy (non-hydrogen) atoms. The molecule has 0 saturated carbocycles. The molecule has 1 aliphatic rings. The number of benzene rings is 2. The summed E-state index contributed by atoms with van der Waals surface area (Å²) in [6.45, 7) is 3.95. The normalized spacial score (nSPS) is 17.4. The molecule has 1 atom stereocenters. The summed E-state index contributed by atoms with van der Waals surface area (Å²) in [4.78, 5) is 11.9. The second kappa shape index (κ2) is 6.33. The number of anilines is 1. The van der Waals surface area contributed by atoms with Crippen molar-refractivity contribution in [3.8, 4) is 17.1 Å². The topological polar surface area (TPSA) is 61.3 Å². The van der Waals surface area contributed by atoms with Gasteiger partial charge < -0.3 is 15.3 Å². The van der Waals surface area contributed by atoms with Crippen LogP contribution in [0, 0.1) is 6.92 Å². The molecule has 2 heterocycles. The molecule has 1 aromatic heterocycles. The molecule has 128 valence electrons. The number of fused-ring (bicyclic) bond motifs is 1. The number of phenols is 1. The third-order valence-electron chi connectivity index (χ3n) is 4.87. The molecule has 5 nitrogen and oxygen atoms in total. The highest BCUT2D eigenvalue weighted by atomic mass is 16.3. The first-order valence-corrected chi connectivity index (χ1v) is 8.64. The maximum Gasteiger partial charge on any atom is 0.165 e. The first-order valence-electron chi connectivity index (χ1n) is 8.64. The van der Waals surface area contributed by atoms with E-state index in [0.717, 1.165) is 41.8 Å². The molecular formula is C20H22N4O. The SMILES string of the molecule is CNC1CCN(c2nc(-c3ccccc3O)nc3cc(C)ccc23)C1. The van der Waals surface area contributed by atoms with E-state index in [-0.39, 0.29) is 5.75 Å². The van der Waals surface area contributed by atoms with E-state index in [2.05, 4.69) is 35.3 Å². The molecular weight excluding hydrogens is 312 g/mol. The van der Waals surface area contributed by atoms with Gasteiger partial charge in [-0.25, -0.2) is 9.97 Å².